The number of rotatable bonds is 4. The molecule has 0 amide bonds. The van der Waals surface area contributed by atoms with Crippen molar-refractivity contribution in [2.75, 3.05) is 13.7 Å². The average Bonchev–Trinajstić information content (AvgIpc) is 2.47. The van der Waals surface area contributed by atoms with E-state index in [4.69, 9.17) is 16.3 Å². The Balaban J connectivity index is 2.38. The molecule has 0 bridgehead atoms. The van der Waals surface area contributed by atoms with Crippen LogP contribution in [0.4, 0.5) is 0 Å². The first-order valence-electron chi connectivity index (χ1n) is 6.86. The van der Waals surface area contributed by atoms with Crippen LogP contribution in [0.25, 0.3) is 0 Å². The summed E-state index contributed by atoms with van der Waals surface area (Å²) in [6.45, 7) is 2.62. The van der Waals surface area contributed by atoms with Crippen molar-refractivity contribution in [1.82, 2.24) is 4.31 Å². The topological polar surface area (TPSA) is 46.6 Å². The van der Waals surface area contributed by atoms with E-state index in [-0.39, 0.29) is 10.9 Å². The molecule has 1 fully saturated rings. The molecular formula is C14H20ClNO3S. The molecule has 0 radical (unpaired) electrons. The maximum Gasteiger partial charge on any atom is 0.243 e. The Bertz CT molecular complexity index is 574. The number of hydrogen-bond acceptors (Lipinski definition) is 3. The summed E-state index contributed by atoms with van der Waals surface area (Å²) in [7, 11) is -2.00. The molecule has 1 aromatic rings. The normalized spacial score (nSPS) is 20.9. The van der Waals surface area contributed by atoms with Crippen molar-refractivity contribution in [3.05, 3.63) is 23.2 Å². The number of piperidine rings is 1. The van der Waals surface area contributed by atoms with Gasteiger partial charge in [-0.2, -0.15) is 4.31 Å². The van der Waals surface area contributed by atoms with Crippen LogP contribution in [-0.4, -0.2) is 32.4 Å². The highest BCUT2D eigenvalue weighted by molar-refractivity contribution is 7.89. The lowest BCUT2D eigenvalue weighted by atomic mass is 10.0. The number of methoxy groups -OCH3 is 1. The Morgan fingerprint density at radius 1 is 1.40 bits per heavy atom. The van der Waals surface area contributed by atoms with Gasteiger partial charge in [-0.3, -0.25) is 0 Å². The third-order valence-electron chi connectivity index (χ3n) is 3.77. The van der Waals surface area contributed by atoms with Crippen LogP contribution in [0, 0.1) is 0 Å². The summed E-state index contributed by atoms with van der Waals surface area (Å²) < 4.78 is 32.3. The first-order valence-corrected chi connectivity index (χ1v) is 8.68. The molecule has 0 spiro atoms. The fourth-order valence-electron chi connectivity index (χ4n) is 2.63. The summed E-state index contributed by atoms with van der Waals surface area (Å²) >= 11 is 5.95. The van der Waals surface area contributed by atoms with Crippen LogP contribution in [0.2, 0.25) is 5.02 Å². The van der Waals surface area contributed by atoms with Gasteiger partial charge in [0.25, 0.3) is 0 Å². The van der Waals surface area contributed by atoms with E-state index in [1.54, 1.807) is 16.4 Å². The van der Waals surface area contributed by atoms with Gasteiger partial charge in [-0.05, 0) is 31.4 Å². The highest BCUT2D eigenvalue weighted by atomic mass is 35.5. The SMILES string of the molecule is CC[C@@H]1CCCCN1S(=O)(=O)c1ccc(Cl)c(OC)c1. The Kier molecular flexibility index (Phi) is 4.94. The van der Waals surface area contributed by atoms with Crippen LogP contribution < -0.4 is 4.74 Å². The Morgan fingerprint density at radius 2 is 2.15 bits per heavy atom. The monoisotopic (exact) mass is 317 g/mol. The quantitative estimate of drug-likeness (QED) is 0.856. The summed E-state index contributed by atoms with van der Waals surface area (Å²) in [5, 5.41) is 0.414. The largest absolute Gasteiger partial charge is 0.495 e. The number of benzene rings is 1. The van der Waals surface area contributed by atoms with E-state index in [2.05, 4.69) is 0 Å². The van der Waals surface area contributed by atoms with Gasteiger partial charge < -0.3 is 4.74 Å². The second kappa shape index (κ2) is 6.33. The predicted molar refractivity (Wildman–Crippen MR) is 79.8 cm³/mol. The zero-order valence-corrected chi connectivity index (χ0v) is 13.4. The van der Waals surface area contributed by atoms with Crippen molar-refractivity contribution in [2.45, 2.75) is 43.5 Å². The molecule has 4 nitrogen and oxygen atoms in total. The summed E-state index contributed by atoms with van der Waals surface area (Å²) in [4.78, 5) is 0.249. The van der Waals surface area contributed by atoms with Gasteiger partial charge in [0.15, 0.2) is 0 Å². The Labute approximate surface area is 125 Å². The lowest BCUT2D eigenvalue weighted by Crippen LogP contribution is -2.43. The first-order chi connectivity index (χ1) is 9.50. The van der Waals surface area contributed by atoms with Crippen molar-refractivity contribution in [3.63, 3.8) is 0 Å². The van der Waals surface area contributed by atoms with Crippen LogP contribution in [0.3, 0.4) is 0 Å². The van der Waals surface area contributed by atoms with Gasteiger partial charge >= 0.3 is 0 Å². The van der Waals surface area contributed by atoms with Gasteiger partial charge in [0.2, 0.25) is 10.0 Å². The molecule has 6 heteroatoms. The maximum atomic E-state index is 12.8. The first kappa shape index (κ1) is 15.6. The highest BCUT2D eigenvalue weighted by Crippen LogP contribution is 2.31. The van der Waals surface area contributed by atoms with E-state index < -0.39 is 10.0 Å². The summed E-state index contributed by atoms with van der Waals surface area (Å²) in [6, 6.07) is 4.70. The summed E-state index contributed by atoms with van der Waals surface area (Å²) in [5.74, 6) is 0.387. The van der Waals surface area contributed by atoms with E-state index in [1.807, 2.05) is 6.92 Å². The van der Waals surface area contributed by atoms with Gasteiger partial charge in [-0.1, -0.05) is 24.9 Å². The molecule has 1 aliphatic rings. The van der Waals surface area contributed by atoms with Gasteiger partial charge in [0, 0.05) is 18.7 Å². The zero-order chi connectivity index (χ0) is 14.8. The molecule has 1 aliphatic heterocycles. The van der Waals surface area contributed by atoms with Crippen molar-refractivity contribution in [1.29, 1.82) is 0 Å². The Morgan fingerprint density at radius 3 is 2.80 bits per heavy atom. The van der Waals surface area contributed by atoms with E-state index >= 15 is 0 Å². The van der Waals surface area contributed by atoms with Crippen LogP contribution >= 0.6 is 11.6 Å². The molecule has 0 unspecified atom stereocenters. The number of sulfonamides is 1. The lowest BCUT2D eigenvalue weighted by molar-refractivity contribution is 0.246. The molecule has 0 N–H and O–H groups in total. The van der Waals surface area contributed by atoms with Gasteiger partial charge in [-0.15, -0.1) is 0 Å². The smallest absolute Gasteiger partial charge is 0.243 e. The summed E-state index contributed by atoms with van der Waals surface area (Å²) in [5.41, 5.74) is 0. The Hall–Kier alpha value is -0.780. The predicted octanol–water partition coefficient (Wildman–Crippen LogP) is 3.30. The number of nitrogens with zero attached hydrogens (tertiary/aromatic N) is 1. The fourth-order valence-corrected chi connectivity index (χ4v) is 4.61. The number of ether oxygens (including phenoxy) is 1. The fraction of sp³-hybridized carbons (Fsp3) is 0.571. The van der Waals surface area contributed by atoms with Crippen molar-refractivity contribution in [3.8, 4) is 5.75 Å². The van der Waals surface area contributed by atoms with E-state index in [0.29, 0.717) is 17.3 Å². The lowest BCUT2D eigenvalue weighted by Gasteiger charge is -2.34. The third kappa shape index (κ3) is 2.95. The van der Waals surface area contributed by atoms with Gasteiger partial charge in [-0.25, -0.2) is 8.42 Å². The molecule has 1 saturated heterocycles. The van der Waals surface area contributed by atoms with Crippen LogP contribution in [0.15, 0.2) is 23.1 Å². The maximum absolute atomic E-state index is 12.8. The second-order valence-corrected chi connectivity index (χ2v) is 7.27. The van der Waals surface area contributed by atoms with Crippen molar-refractivity contribution in [2.24, 2.45) is 0 Å². The molecule has 112 valence electrons. The van der Waals surface area contributed by atoms with Crippen molar-refractivity contribution < 1.29 is 13.2 Å². The van der Waals surface area contributed by atoms with E-state index in [1.165, 1.54) is 13.2 Å². The minimum absolute atomic E-state index is 0.0930. The molecule has 0 aliphatic carbocycles. The number of hydrogen-bond donors (Lipinski definition) is 0. The minimum atomic E-state index is -3.48. The molecule has 1 heterocycles. The van der Waals surface area contributed by atoms with Crippen LogP contribution in [0.5, 0.6) is 5.75 Å². The zero-order valence-electron chi connectivity index (χ0n) is 11.8. The summed E-state index contributed by atoms with van der Waals surface area (Å²) in [6.07, 6.45) is 3.78. The molecule has 0 aromatic heterocycles. The molecule has 20 heavy (non-hydrogen) atoms. The van der Waals surface area contributed by atoms with E-state index in [0.717, 1.165) is 25.7 Å². The molecule has 1 atom stereocenters. The van der Waals surface area contributed by atoms with Crippen molar-refractivity contribution >= 4 is 21.6 Å². The minimum Gasteiger partial charge on any atom is -0.495 e. The average molecular weight is 318 g/mol. The van der Waals surface area contributed by atoms with Crippen LogP contribution in [-0.2, 0) is 10.0 Å². The molecule has 2 rings (SSSR count). The van der Waals surface area contributed by atoms with Gasteiger partial charge in [0.05, 0.1) is 17.0 Å². The molecular weight excluding hydrogens is 298 g/mol. The molecule has 1 aromatic carbocycles. The second-order valence-electron chi connectivity index (χ2n) is 4.97. The van der Waals surface area contributed by atoms with E-state index in [9.17, 15) is 8.42 Å². The molecule has 0 saturated carbocycles. The third-order valence-corrected chi connectivity index (χ3v) is 6.03. The van der Waals surface area contributed by atoms with Crippen LogP contribution in [0.1, 0.15) is 32.6 Å². The standard InChI is InChI=1S/C14H20ClNO3S/c1-3-11-6-4-5-9-16(11)20(17,18)12-7-8-13(15)14(10-12)19-2/h7-8,10-11H,3-6,9H2,1-2H3/t11-/m1/s1. The highest BCUT2D eigenvalue weighted by Gasteiger charge is 2.32. The number of halogens is 1. The van der Waals surface area contributed by atoms with Gasteiger partial charge in [0.1, 0.15) is 5.75 Å².